The first-order chi connectivity index (χ1) is 13.4. The van der Waals surface area contributed by atoms with E-state index in [2.05, 4.69) is 54.8 Å². The molecule has 0 aliphatic heterocycles. The summed E-state index contributed by atoms with van der Waals surface area (Å²) in [5.74, 6) is 0.192. The van der Waals surface area contributed by atoms with Gasteiger partial charge in [0.15, 0.2) is 5.78 Å². The maximum absolute atomic E-state index is 13.3. The molecule has 0 N–H and O–H groups in total. The van der Waals surface area contributed by atoms with Crippen molar-refractivity contribution < 1.29 is 9.53 Å². The normalized spacial score (nSPS) is 25.8. The van der Waals surface area contributed by atoms with Gasteiger partial charge in [-0.3, -0.25) is 4.79 Å². The number of pyridine rings is 1. The van der Waals surface area contributed by atoms with E-state index in [1.165, 1.54) is 4.90 Å². The molecule has 1 heterocycles. The van der Waals surface area contributed by atoms with Crippen LogP contribution < -0.4 is 4.74 Å². The Bertz CT molecular complexity index is 876. The van der Waals surface area contributed by atoms with Gasteiger partial charge in [0, 0.05) is 29.3 Å². The smallest absolute Gasteiger partial charge is 0.213 e. The Balaban J connectivity index is 2.01. The molecule has 1 aliphatic rings. The van der Waals surface area contributed by atoms with E-state index in [-0.39, 0.29) is 17.0 Å². The van der Waals surface area contributed by atoms with Crippen LogP contribution in [0.15, 0.2) is 53.4 Å². The minimum absolute atomic E-state index is 0.0757. The number of ketones is 1. The summed E-state index contributed by atoms with van der Waals surface area (Å²) in [7, 11) is 0.344. The fraction of sp³-hybridized carbons (Fsp3) is 0.435. The third-order valence-electron chi connectivity index (χ3n) is 5.88. The lowest BCUT2D eigenvalue weighted by atomic mass is 9.73. The number of nitrogens with zero attached hydrogens (tertiary/aromatic N) is 2. The maximum atomic E-state index is 13.3. The van der Waals surface area contributed by atoms with Gasteiger partial charge < -0.3 is 4.74 Å². The summed E-state index contributed by atoms with van der Waals surface area (Å²) in [6.45, 7) is 2.20. The van der Waals surface area contributed by atoms with Crippen molar-refractivity contribution in [3.05, 3.63) is 54.2 Å². The summed E-state index contributed by atoms with van der Waals surface area (Å²) < 4.78 is 5.25. The third kappa shape index (κ3) is 3.93. The van der Waals surface area contributed by atoms with Crippen LogP contribution in [0.1, 0.15) is 19.0 Å². The number of hydrogen-bond donors (Lipinski definition) is 0. The average molecular weight is 397 g/mol. The molecule has 2 aromatic rings. The second-order valence-corrected chi connectivity index (χ2v) is 11.8. The van der Waals surface area contributed by atoms with E-state index in [1.807, 2.05) is 24.3 Å². The molecule has 3 rings (SSSR count). The molecule has 0 radical (unpaired) electrons. The van der Waals surface area contributed by atoms with Gasteiger partial charge in [-0.1, -0.05) is 43.3 Å². The fourth-order valence-electron chi connectivity index (χ4n) is 4.60. The van der Waals surface area contributed by atoms with Crippen LogP contribution in [0.4, 0.5) is 0 Å². The minimum atomic E-state index is -1.25. The van der Waals surface area contributed by atoms with Gasteiger partial charge >= 0.3 is 0 Å². The minimum Gasteiger partial charge on any atom is -0.481 e. The number of methoxy groups -OCH3 is 1. The quantitative estimate of drug-likeness (QED) is 0.747. The Hall–Kier alpha value is -2.32. The molecule has 1 unspecified atom stereocenters. The molecule has 1 aliphatic carbocycles. The predicted molar refractivity (Wildman–Crippen MR) is 114 cm³/mol. The number of nitriles is 1. The molecule has 28 heavy (non-hydrogen) atoms. The van der Waals surface area contributed by atoms with Crippen molar-refractivity contribution in [2.45, 2.75) is 29.9 Å². The van der Waals surface area contributed by atoms with Gasteiger partial charge in [-0.05, 0) is 35.8 Å². The highest BCUT2D eigenvalue weighted by molar-refractivity contribution is 8.33. The van der Waals surface area contributed by atoms with Gasteiger partial charge in [-0.15, -0.1) is 0 Å². The van der Waals surface area contributed by atoms with Crippen LogP contribution in [-0.2, 0) is 11.2 Å². The summed E-state index contributed by atoms with van der Waals surface area (Å²) >= 11 is 0. The van der Waals surface area contributed by atoms with Crippen LogP contribution in [0.2, 0.25) is 0 Å². The van der Waals surface area contributed by atoms with Gasteiger partial charge in [0.05, 0.1) is 13.2 Å². The summed E-state index contributed by atoms with van der Waals surface area (Å²) in [6.07, 6.45) is 5.79. The van der Waals surface area contributed by atoms with Crippen molar-refractivity contribution in [3.8, 4) is 11.9 Å². The third-order valence-corrected chi connectivity index (χ3v) is 9.52. The Kier molecular flexibility index (Phi) is 6.10. The molecule has 4 atom stereocenters. The highest BCUT2D eigenvalue weighted by Gasteiger charge is 2.47. The zero-order valence-corrected chi connectivity index (χ0v) is 17.8. The van der Waals surface area contributed by atoms with Crippen molar-refractivity contribution in [2.75, 3.05) is 19.6 Å². The van der Waals surface area contributed by atoms with Crippen LogP contribution in [0, 0.1) is 29.1 Å². The number of aromatic nitrogens is 1. The standard InChI is InChI=1S/C23H28N2O2S/c1-16-13-17(15-24)22(26)20(14-18-9-8-12-21(25-18)27-2)23(16)28(3,4)19-10-6-5-7-11-19/h5-12,16-17,20,23H,13-14H2,1-4H3/t16-,17?,20+,23+/m1/s1. The Morgan fingerprint density at radius 3 is 2.54 bits per heavy atom. The summed E-state index contributed by atoms with van der Waals surface area (Å²) in [5, 5.41) is 9.76. The molecule has 148 valence electrons. The van der Waals surface area contributed by atoms with Crippen molar-refractivity contribution >= 4 is 15.8 Å². The van der Waals surface area contributed by atoms with E-state index in [0.717, 1.165) is 5.69 Å². The molecule has 1 fully saturated rings. The SMILES string of the molecule is COc1cccc(C[C@H]2C(=O)C(C#N)C[C@@H](C)[C@@H]2S(C)(C)c2ccccc2)n1. The van der Waals surface area contributed by atoms with Gasteiger partial charge in [-0.2, -0.15) is 5.26 Å². The average Bonchev–Trinajstić information content (AvgIpc) is 2.71. The number of carbonyl (C=O) groups excluding carboxylic acids is 1. The summed E-state index contributed by atoms with van der Waals surface area (Å²) in [4.78, 5) is 19.1. The predicted octanol–water partition coefficient (Wildman–Crippen LogP) is 4.49. The summed E-state index contributed by atoms with van der Waals surface area (Å²) in [5.41, 5.74) is 0.844. The van der Waals surface area contributed by atoms with Crippen molar-refractivity contribution in [1.82, 2.24) is 4.98 Å². The molecular formula is C23H28N2O2S. The van der Waals surface area contributed by atoms with Gasteiger partial charge in [0.1, 0.15) is 5.92 Å². The van der Waals surface area contributed by atoms with Crippen LogP contribution in [0.3, 0.4) is 0 Å². The molecule has 5 heteroatoms. The molecule has 1 aromatic carbocycles. The van der Waals surface area contributed by atoms with E-state index >= 15 is 0 Å². The highest BCUT2D eigenvalue weighted by Crippen LogP contribution is 2.60. The molecular weight excluding hydrogens is 368 g/mol. The van der Waals surface area contributed by atoms with Crippen molar-refractivity contribution in [3.63, 3.8) is 0 Å². The monoisotopic (exact) mass is 396 g/mol. The van der Waals surface area contributed by atoms with E-state index in [9.17, 15) is 10.1 Å². The number of benzene rings is 1. The van der Waals surface area contributed by atoms with Crippen LogP contribution in [0.25, 0.3) is 0 Å². The molecule has 1 saturated carbocycles. The molecule has 0 bridgehead atoms. The molecule has 1 aromatic heterocycles. The second kappa shape index (κ2) is 8.36. The highest BCUT2D eigenvalue weighted by atomic mass is 32.3. The zero-order chi connectivity index (χ0) is 20.3. The van der Waals surface area contributed by atoms with Gasteiger partial charge in [-0.25, -0.2) is 15.0 Å². The van der Waals surface area contributed by atoms with Crippen LogP contribution in [0.5, 0.6) is 5.88 Å². The maximum Gasteiger partial charge on any atom is 0.213 e. The second-order valence-electron chi connectivity index (χ2n) is 7.96. The van der Waals surface area contributed by atoms with Gasteiger partial charge in [0.2, 0.25) is 5.88 Å². The molecule has 0 amide bonds. The Morgan fingerprint density at radius 1 is 1.18 bits per heavy atom. The van der Waals surface area contributed by atoms with Crippen molar-refractivity contribution in [2.24, 2.45) is 17.8 Å². The lowest BCUT2D eigenvalue weighted by Crippen LogP contribution is -2.46. The Morgan fingerprint density at radius 2 is 1.89 bits per heavy atom. The van der Waals surface area contributed by atoms with E-state index in [4.69, 9.17) is 4.74 Å². The number of hydrogen-bond acceptors (Lipinski definition) is 4. The first-order valence-corrected chi connectivity index (χ1v) is 12.1. The van der Waals surface area contributed by atoms with Crippen LogP contribution >= 0.6 is 10.0 Å². The number of carbonyl (C=O) groups is 1. The number of rotatable bonds is 5. The first kappa shape index (κ1) is 20.4. The molecule has 0 saturated heterocycles. The molecule has 0 spiro atoms. The summed E-state index contributed by atoms with van der Waals surface area (Å²) in [6, 6.07) is 18.4. The molecule has 4 nitrogen and oxygen atoms in total. The lowest BCUT2D eigenvalue weighted by Gasteiger charge is -2.50. The largest absolute Gasteiger partial charge is 0.481 e. The van der Waals surface area contributed by atoms with Gasteiger partial charge in [0.25, 0.3) is 0 Å². The fourth-order valence-corrected chi connectivity index (χ4v) is 8.10. The zero-order valence-electron chi connectivity index (χ0n) is 17.0. The van der Waals surface area contributed by atoms with Crippen molar-refractivity contribution in [1.29, 1.82) is 5.26 Å². The first-order valence-electron chi connectivity index (χ1n) is 9.59. The van der Waals surface area contributed by atoms with E-state index in [0.29, 0.717) is 24.6 Å². The topological polar surface area (TPSA) is 63.0 Å². The van der Waals surface area contributed by atoms with E-state index in [1.54, 1.807) is 7.11 Å². The lowest BCUT2D eigenvalue weighted by molar-refractivity contribution is -0.128. The Labute approximate surface area is 169 Å². The number of Topliss-reactive ketones (excluding diaryl/α,β-unsaturated/α-hetero) is 1. The number of ether oxygens (including phenoxy) is 1. The van der Waals surface area contributed by atoms with E-state index < -0.39 is 15.9 Å². The van der Waals surface area contributed by atoms with Crippen LogP contribution in [-0.4, -0.2) is 35.6 Å².